The van der Waals surface area contributed by atoms with Crippen LogP contribution in [0.2, 0.25) is 5.02 Å². The predicted octanol–water partition coefficient (Wildman–Crippen LogP) is 4.17. The molecule has 0 unspecified atom stereocenters. The Morgan fingerprint density at radius 1 is 1.10 bits per heavy atom. The third-order valence-electron chi connectivity index (χ3n) is 2.85. The summed E-state index contributed by atoms with van der Waals surface area (Å²) in [7, 11) is 1.83. The highest BCUT2D eigenvalue weighted by atomic mass is 35.5. The lowest BCUT2D eigenvalue weighted by Gasteiger charge is -1.94. The molecule has 2 aromatic carbocycles. The fourth-order valence-corrected chi connectivity index (χ4v) is 2.82. The van der Waals surface area contributed by atoms with Gasteiger partial charge in [-0.1, -0.05) is 35.1 Å². The van der Waals surface area contributed by atoms with Crippen LogP contribution in [0.5, 0.6) is 0 Å². The average Bonchev–Trinajstić information content (AvgIpc) is 2.83. The van der Waals surface area contributed by atoms with Crippen LogP contribution < -0.4 is 4.80 Å². The van der Waals surface area contributed by atoms with Crippen molar-refractivity contribution in [3.63, 3.8) is 0 Å². The first-order chi connectivity index (χ1) is 10.1. The van der Waals surface area contributed by atoms with E-state index in [1.165, 1.54) is 23.5 Å². The molecule has 21 heavy (non-hydrogen) atoms. The molecule has 0 saturated heterocycles. The second kappa shape index (κ2) is 5.79. The molecule has 3 nitrogen and oxygen atoms in total. The number of aromatic nitrogens is 2. The van der Waals surface area contributed by atoms with Crippen molar-refractivity contribution in [2.45, 2.75) is 0 Å². The molecule has 0 N–H and O–H groups in total. The predicted molar refractivity (Wildman–Crippen MR) is 83.2 cm³/mol. The summed E-state index contributed by atoms with van der Waals surface area (Å²) in [5, 5.41) is 6.00. The molecule has 0 radical (unpaired) electrons. The molecule has 0 aliphatic carbocycles. The number of benzene rings is 2. The molecule has 3 rings (SSSR count). The number of hydrogen-bond acceptors (Lipinski definition) is 3. The molecule has 1 aromatic heterocycles. The van der Waals surface area contributed by atoms with Gasteiger partial charge in [-0.2, -0.15) is 5.10 Å². The van der Waals surface area contributed by atoms with Gasteiger partial charge in [-0.25, -0.2) is 14.1 Å². The van der Waals surface area contributed by atoms with Gasteiger partial charge >= 0.3 is 0 Å². The van der Waals surface area contributed by atoms with Gasteiger partial charge in [-0.3, -0.25) is 0 Å². The number of nitrogens with zero attached hydrogens (tertiary/aromatic N) is 3. The maximum Gasteiger partial charge on any atom is 0.208 e. The maximum atomic E-state index is 12.9. The fourth-order valence-electron chi connectivity index (χ4n) is 1.78. The van der Waals surface area contributed by atoms with Crippen molar-refractivity contribution < 1.29 is 4.39 Å². The highest BCUT2D eigenvalue weighted by Crippen LogP contribution is 2.21. The summed E-state index contributed by atoms with van der Waals surface area (Å²) in [5.74, 6) is -0.274. The SMILES string of the molecule is Cn1nc(-c2ccc(Cl)cc2)sc1=Nc1ccc(F)cc1. The highest BCUT2D eigenvalue weighted by Gasteiger charge is 2.05. The monoisotopic (exact) mass is 319 g/mol. The van der Waals surface area contributed by atoms with Gasteiger partial charge in [0.05, 0.1) is 5.69 Å². The molecule has 6 heteroatoms. The Labute approximate surface area is 130 Å². The van der Waals surface area contributed by atoms with Crippen LogP contribution in [0.3, 0.4) is 0 Å². The summed E-state index contributed by atoms with van der Waals surface area (Å²) >= 11 is 7.35. The molecule has 0 fully saturated rings. The topological polar surface area (TPSA) is 30.2 Å². The van der Waals surface area contributed by atoms with Gasteiger partial charge in [0.25, 0.3) is 0 Å². The lowest BCUT2D eigenvalue weighted by molar-refractivity contribution is 0.628. The quantitative estimate of drug-likeness (QED) is 0.697. The van der Waals surface area contributed by atoms with Gasteiger partial charge in [0.15, 0.2) is 0 Å². The minimum Gasteiger partial charge on any atom is -0.241 e. The van der Waals surface area contributed by atoms with Crippen LogP contribution in [0, 0.1) is 5.82 Å². The summed E-state index contributed by atoms with van der Waals surface area (Å²) in [5.41, 5.74) is 1.68. The number of hydrogen-bond donors (Lipinski definition) is 0. The molecule has 1 heterocycles. The zero-order valence-electron chi connectivity index (χ0n) is 11.1. The van der Waals surface area contributed by atoms with Crippen molar-refractivity contribution in [1.29, 1.82) is 0 Å². The summed E-state index contributed by atoms with van der Waals surface area (Å²) < 4.78 is 14.6. The molecule has 0 bridgehead atoms. The van der Waals surface area contributed by atoms with Crippen molar-refractivity contribution in [3.8, 4) is 10.6 Å². The summed E-state index contributed by atoms with van der Waals surface area (Å²) in [4.78, 5) is 5.21. The van der Waals surface area contributed by atoms with Crippen molar-refractivity contribution in [3.05, 3.63) is 64.2 Å². The van der Waals surface area contributed by atoms with Crippen molar-refractivity contribution in [2.75, 3.05) is 0 Å². The molecular formula is C15H11ClFN3S. The highest BCUT2D eigenvalue weighted by molar-refractivity contribution is 7.12. The van der Waals surface area contributed by atoms with Gasteiger partial charge < -0.3 is 0 Å². The van der Waals surface area contributed by atoms with E-state index in [9.17, 15) is 4.39 Å². The molecule has 0 atom stereocenters. The van der Waals surface area contributed by atoms with Gasteiger partial charge in [0.1, 0.15) is 10.8 Å². The Hall–Kier alpha value is -1.98. The van der Waals surface area contributed by atoms with Crippen LogP contribution in [-0.2, 0) is 7.05 Å². The second-order valence-electron chi connectivity index (χ2n) is 4.41. The van der Waals surface area contributed by atoms with Gasteiger partial charge in [0, 0.05) is 17.6 Å². The first-order valence-electron chi connectivity index (χ1n) is 6.22. The summed E-state index contributed by atoms with van der Waals surface area (Å²) in [6.07, 6.45) is 0. The smallest absolute Gasteiger partial charge is 0.208 e. The van der Waals surface area contributed by atoms with E-state index in [0.29, 0.717) is 10.7 Å². The van der Waals surface area contributed by atoms with E-state index in [4.69, 9.17) is 11.6 Å². The first kappa shape index (κ1) is 14.0. The summed E-state index contributed by atoms with van der Waals surface area (Å²) in [6.45, 7) is 0. The van der Waals surface area contributed by atoms with E-state index in [0.717, 1.165) is 15.4 Å². The van der Waals surface area contributed by atoms with E-state index < -0.39 is 0 Å². The fraction of sp³-hybridized carbons (Fsp3) is 0.0667. The zero-order chi connectivity index (χ0) is 14.8. The Morgan fingerprint density at radius 2 is 1.76 bits per heavy atom. The van der Waals surface area contributed by atoms with Crippen molar-refractivity contribution in [1.82, 2.24) is 9.78 Å². The van der Waals surface area contributed by atoms with E-state index >= 15 is 0 Å². The lowest BCUT2D eigenvalue weighted by Crippen LogP contribution is -2.10. The molecule has 0 aliphatic heterocycles. The summed E-state index contributed by atoms with van der Waals surface area (Å²) in [6, 6.07) is 13.5. The van der Waals surface area contributed by atoms with Crippen LogP contribution in [0.1, 0.15) is 0 Å². The van der Waals surface area contributed by atoms with Crippen LogP contribution in [-0.4, -0.2) is 9.78 Å². The van der Waals surface area contributed by atoms with Crippen molar-refractivity contribution in [2.24, 2.45) is 12.0 Å². The third kappa shape index (κ3) is 3.20. The first-order valence-corrected chi connectivity index (χ1v) is 7.42. The van der Waals surface area contributed by atoms with Crippen LogP contribution in [0.15, 0.2) is 53.5 Å². The Bertz CT molecular complexity index is 819. The Kier molecular flexibility index (Phi) is 3.86. The minimum atomic E-state index is -0.274. The normalized spacial score (nSPS) is 11.9. The maximum absolute atomic E-state index is 12.9. The zero-order valence-corrected chi connectivity index (χ0v) is 12.7. The molecule has 106 valence electrons. The largest absolute Gasteiger partial charge is 0.241 e. The average molecular weight is 320 g/mol. The Morgan fingerprint density at radius 3 is 2.43 bits per heavy atom. The molecule has 0 aliphatic rings. The van der Waals surface area contributed by atoms with Crippen molar-refractivity contribution >= 4 is 28.6 Å². The van der Waals surface area contributed by atoms with Gasteiger partial charge in [-0.05, 0) is 36.4 Å². The third-order valence-corrected chi connectivity index (χ3v) is 4.15. The molecule has 0 amide bonds. The second-order valence-corrected chi connectivity index (χ2v) is 5.80. The number of halogens is 2. The lowest BCUT2D eigenvalue weighted by atomic mass is 10.2. The van der Waals surface area contributed by atoms with E-state index in [1.807, 2.05) is 31.3 Å². The standard InChI is InChI=1S/C15H11ClFN3S/c1-20-15(18-13-8-6-12(17)7-9-13)21-14(19-20)10-2-4-11(16)5-3-10/h2-9H,1H3. The molecule has 0 saturated carbocycles. The van der Waals surface area contributed by atoms with Gasteiger partial charge in [-0.15, -0.1) is 0 Å². The number of aryl methyl sites for hydroxylation is 1. The minimum absolute atomic E-state index is 0.274. The van der Waals surface area contributed by atoms with E-state index in [2.05, 4.69) is 10.1 Å². The van der Waals surface area contributed by atoms with Gasteiger partial charge in [0.2, 0.25) is 4.80 Å². The molecule has 0 spiro atoms. The van der Waals surface area contributed by atoms with Crippen LogP contribution in [0.4, 0.5) is 10.1 Å². The van der Waals surface area contributed by atoms with E-state index in [1.54, 1.807) is 16.8 Å². The van der Waals surface area contributed by atoms with Crippen LogP contribution >= 0.6 is 22.9 Å². The molecule has 3 aromatic rings. The van der Waals surface area contributed by atoms with Crippen LogP contribution in [0.25, 0.3) is 10.6 Å². The molecular weight excluding hydrogens is 309 g/mol. The number of rotatable bonds is 2. The Balaban J connectivity index is 2.01. The van der Waals surface area contributed by atoms with E-state index in [-0.39, 0.29) is 5.82 Å².